The highest BCUT2D eigenvalue weighted by Crippen LogP contribution is 2.11. The zero-order valence-electron chi connectivity index (χ0n) is 10.1. The zero-order valence-corrected chi connectivity index (χ0v) is 10.1. The van der Waals surface area contributed by atoms with Gasteiger partial charge in [0, 0.05) is 19.7 Å². The molecule has 0 saturated heterocycles. The Morgan fingerprint density at radius 2 is 2.06 bits per heavy atom. The molecule has 0 aliphatic carbocycles. The summed E-state index contributed by atoms with van der Waals surface area (Å²) in [6, 6.07) is 9.65. The Morgan fingerprint density at radius 1 is 1.29 bits per heavy atom. The number of hydrogen-bond donors (Lipinski definition) is 1. The van der Waals surface area contributed by atoms with Gasteiger partial charge in [-0.05, 0) is 24.6 Å². The van der Waals surface area contributed by atoms with Crippen molar-refractivity contribution in [2.45, 2.75) is 13.5 Å². The number of ether oxygens (including phenoxy) is 2. The van der Waals surface area contributed by atoms with E-state index < -0.39 is 0 Å². The number of rotatable bonds is 8. The Kier molecular flexibility index (Phi) is 6.80. The maximum atomic E-state index is 8.37. The van der Waals surface area contributed by atoms with E-state index in [-0.39, 0.29) is 6.61 Å². The first-order valence-corrected chi connectivity index (χ1v) is 5.74. The van der Waals surface area contributed by atoms with Crippen LogP contribution < -0.4 is 10.1 Å². The third-order valence-electron chi connectivity index (χ3n) is 2.18. The summed E-state index contributed by atoms with van der Waals surface area (Å²) in [6.07, 6.45) is 0. The molecule has 0 heterocycles. The molecule has 0 saturated carbocycles. The molecule has 0 spiro atoms. The van der Waals surface area contributed by atoms with Crippen molar-refractivity contribution in [3.8, 4) is 11.8 Å². The van der Waals surface area contributed by atoms with Crippen LogP contribution in [0.1, 0.15) is 12.5 Å². The zero-order chi connectivity index (χ0) is 12.3. The minimum Gasteiger partial charge on any atom is -0.479 e. The van der Waals surface area contributed by atoms with E-state index in [4.69, 9.17) is 14.7 Å². The number of nitrogens with one attached hydrogen (secondary N) is 1. The summed E-state index contributed by atoms with van der Waals surface area (Å²) in [5.74, 6) is 0.726. The summed E-state index contributed by atoms with van der Waals surface area (Å²) in [5, 5.41) is 11.7. The lowest BCUT2D eigenvalue weighted by molar-refractivity contribution is 0.149. The molecule has 0 aliphatic rings. The third kappa shape index (κ3) is 5.91. The molecule has 0 fully saturated rings. The highest BCUT2D eigenvalue weighted by Gasteiger charge is 1.95. The van der Waals surface area contributed by atoms with Crippen molar-refractivity contribution in [2.75, 3.05) is 26.4 Å². The summed E-state index contributed by atoms with van der Waals surface area (Å²) in [5.41, 5.74) is 1.19. The first-order chi connectivity index (χ1) is 8.36. The molecular weight excluding hydrogens is 216 g/mol. The Bertz CT molecular complexity index is 343. The molecule has 1 aromatic rings. The summed E-state index contributed by atoms with van der Waals surface area (Å²) < 4.78 is 10.4. The second kappa shape index (κ2) is 8.57. The molecule has 0 aliphatic heterocycles. The molecule has 0 amide bonds. The summed E-state index contributed by atoms with van der Waals surface area (Å²) >= 11 is 0. The molecule has 4 nitrogen and oxygen atoms in total. The molecule has 1 rings (SSSR count). The number of nitrogens with zero attached hydrogens (tertiary/aromatic N) is 1. The van der Waals surface area contributed by atoms with Crippen molar-refractivity contribution in [2.24, 2.45) is 0 Å². The van der Waals surface area contributed by atoms with Crippen molar-refractivity contribution in [3.05, 3.63) is 29.8 Å². The maximum Gasteiger partial charge on any atom is 0.174 e. The molecule has 0 atom stereocenters. The molecule has 17 heavy (non-hydrogen) atoms. The van der Waals surface area contributed by atoms with Crippen LogP contribution in [0.3, 0.4) is 0 Å². The largest absolute Gasteiger partial charge is 0.479 e. The second-order valence-electron chi connectivity index (χ2n) is 3.46. The van der Waals surface area contributed by atoms with Gasteiger partial charge in [0.15, 0.2) is 6.61 Å². The number of nitriles is 1. The fourth-order valence-corrected chi connectivity index (χ4v) is 1.34. The highest BCUT2D eigenvalue weighted by molar-refractivity contribution is 5.27. The highest BCUT2D eigenvalue weighted by atomic mass is 16.5. The van der Waals surface area contributed by atoms with E-state index in [9.17, 15) is 0 Å². The topological polar surface area (TPSA) is 54.3 Å². The Morgan fingerprint density at radius 3 is 2.71 bits per heavy atom. The molecule has 0 aromatic heterocycles. The Labute approximate surface area is 102 Å². The van der Waals surface area contributed by atoms with Crippen LogP contribution in [0.5, 0.6) is 5.75 Å². The number of benzene rings is 1. The van der Waals surface area contributed by atoms with E-state index in [1.54, 1.807) is 0 Å². The molecule has 1 N–H and O–H groups in total. The molecule has 4 heteroatoms. The van der Waals surface area contributed by atoms with Crippen LogP contribution in [-0.2, 0) is 11.3 Å². The van der Waals surface area contributed by atoms with Crippen LogP contribution in [0.25, 0.3) is 0 Å². The number of hydrogen-bond acceptors (Lipinski definition) is 4. The predicted octanol–water partition coefficient (Wildman–Crippen LogP) is 1.72. The first-order valence-electron chi connectivity index (χ1n) is 5.74. The van der Waals surface area contributed by atoms with Crippen molar-refractivity contribution >= 4 is 0 Å². The fraction of sp³-hybridized carbons (Fsp3) is 0.462. The molecule has 0 bridgehead atoms. The quantitative estimate of drug-likeness (QED) is 0.696. The average molecular weight is 234 g/mol. The van der Waals surface area contributed by atoms with Gasteiger partial charge in [0.05, 0.1) is 6.61 Å². The lowest BCUT2D eigenvalue weighted by Gasteiger charge is -2.06. The van der Waals surface area contributed by atoms with Gasteiger partial charge in [0.2, 0.25) is 0 Å². The van der Waals surface area contributed by atoms with E-state index >= 15 is 0 Å². The van der Waals surface area contributed by atoms with Crippen molar-refractivity contribution < 1.29 is 9.47 Å². The smallest absolute Gasteiger partial charge is 0.174 e. The molecule has 1 aromatic carbocycles. The van der Waals surface area contributed by atoms with Gasteiger partial charge >= 0.3 is 0 Å². The van der Waals surface area contributed by atoms with E-state index in [2.05, 4.69) is 5.32 Å². The maximum absolute atomic E-state index is 8.37. The minimum absolute atomic E-state index is 0.0892. The lowest BCUT2D eigenvalue weighted by atomic mass is 10.2. The standard InChI is InChI=1S/C13H18N2O2/c1-2-16-10-8-15-11-12-3-5-13(6-4-12)17-9-7-14/h3-6,15H,2,8-11H2,1H3. The van der Waals surface area contributed by atoms with Crippen LogP contribution in [0.2, 0.25) is 0 Å². The SMILES string of the molecule is CCOCCNCc1ccc(OCC#N)cc1. The van der Waals surface area contributed by atoms with Crippen LogP contribution in [0.15, 0.2) is 24.3 Å². The van der Waals surface area contributed by atoms with Gasteiger partial charge in [-0.1, -0.05) is 12.1 Å². The van der Waals surface area contributed by atoms with Gasteiger partial charge in [-0.15, -0.1) is 0 Å². The van der Waals surface area contributed by atoms with Gasteiger partial charge in [0.1, 0.15) is 11.8 Å². The average Bonchev–Trinajstić information content (AvgIpc) is 2.37. The van der Waals surface area contributed by atoms with Crippen LogP contribution in [0.4, 0.5) is 0 Å². The van der Waals surface area contributed by atoms with Crippen LogP contribution in [-0.4, -0.2) is 26.4 Å². The predicted molar refractivity (Wildman–Crippen MR) is 65.7 cm³/mol. The fourth-order valence-electron chi connectivity index (χ4n) is 1.34. The molecular formula is C13H18N2O2. The minimum atomic E-state index is 0.0892. The second-order valence-corrected chi connectivity index (χ2v) is 3.46. The monoisotopic (exact) mass is 234 g/mol. The van der Waals surface area contributed by atoms with Gasteiger partial charge in [-0.2, -0.15) is 5.26 Å². The summed E-state index contributed by atoms with van der Waals surface area (Å²) in [4.78, 5) is 0. The normalized spacial score (nSPS) is 9.88. The van der Waals surface area contributed by atoms with Crippen molar-refractivity contribution in [3.63, 3.8) is 0 Å². The van der Waals surface area contributed by atoms with E-state index in [1.165, 1.54) is 5.56 Å². The molecule has 92 valence electrons. The van der Waals surface area contributed by atoms with Gasteiger partial charge in [-0.3, -0.25) is 0 Å². The van der Waals surface area contributed by atoms with E-state index in [0.717, 1.165) is 32.1 Å². The summed E-state index contributed by atoms with van der Waals surface area (Å²) in [7, 11) is 0. The van der Waals surface area contributed by atoms with Gasteiger partial charge < -0.3 is 14.8 Å². The molecule has 0 unspecified atom stereocenters. The third-order valence-corrected chi connectivity index (χ3v) is 2.18. The van der Waals surface area contributed by atoms with Crippen molar-refractivity contribution in [1.82, 2.24) is 5.32 Å². The first kappa shape index (κ1) is 13.5. The Hall–Kier alpha value is -1.57. The van der Waals surface area contributed by atoms with Crippen molar-refractivity contribution in [1.29, 1.82) is 5.26 Å². The van der Waals surface area contributed by atoms with Gasteiger partial charge in [0.25, 0.3) is 0 Å². The van der Waals surface area contributed by atoms with Gasteiger partial charge in [-0.25, -0.2) is 0 Å². The van der Waals surface area contributed by atoms with E-state index in [0.29, 0.717) is 0 Å². The van der Waals surface area contributed by atoms with E-state index in [1.807, 2.05) is 37.3 Å². The van der Waals surface area contributed by atoms with Crippen LogP contribution >= 0.6 is 0 Å². The lowest BCUT2D eigenvalue weighted by Crippen LogP contribution is -2.19. The Balaban J connectivity index is 2.23. The summed E-state index contributed by atoms with van der Waals surface area (Å²) in [6.45, 7) is 5.23. The molecule has 0 radical (unpaired) electrons. The van der Waals surface area contributed by atoms with Crippen LogP contribution in [0, 0.1) is 11.3 Å².